The zero-order chi connectivity index (χ0) is 25.0. The summed E-state index contributed by atoms with van der Waals surface area (Å²) in [6.45, 7) is -0.362. The Labute approximate surface area is 182 Å². The van der Waals surface area contributed by atoms with E-state index in [2.05, 4.69) is 13.1 Å². The second kappa shape index (κ2) is 8.29. The molecule has 3 heterocycles. The van der Waals surface area contributed by atoms with Crippen molar-refractivity contribution in [3.8, 4) is 6.07 Å². The quantitative estimate of drug-likeness (QED) is 0.194. The molecule has 2 unspecified atom stereocenters. The zero-order valence-corrected chi connectivity index (χ0v) is 18.9. The van der Waals surface area contributed by atoms with Gasteiger partial charge >= 0.3 is 29.2 Å². The number of aromatic amines is 1. The van der Waals surface area contributed by atoms with Crippen LogP contribution in [0.4, 0.5) is 0 Å². The van der Waals surface area contributed by atoms with Crippen LogP contribution in [0.1, 0.15) is 5.56 Å². The van der Waals surface area contributed by atoms with Crippen LogP contribution >= 0.6 is 23.5 Å². The molecule has 21 heteroatoms. The first-order chi connectivity index (χ1) is 15.0. The van der Waals surface area contributed by atoms with E-state index < -0.39 is 71.5 Å². The molecule has 2 bridgehead atoms. The fraction of sp³-hybridized carbons (Fsp3) is 0.583. The molecule has 2 aliphatic heterocycles. The molecule has 3 rings (SSSR count). The summed E-state index contributed by atoms with van der Waals surface area (Å²) in [4.78, 5) is 61.8. The van der Waals surface area contributed by atoms with Crippen molar-refractivity contribution >= 4 is 23.5 Å². The summed E-state index contributed by atoms with van der Waals surface area (Å²) in [5.41, 5.74) is -6.31. The molecular weight excluding hydrogens is 519 g/mol. The van der Waals surface area contributed by atoms with E-state index in [1.807, 2.05) is 4.98 Å². The number of aromatic nitrogens is 2. The third-order valence-electron chi connectivity index (χ3n) is 4.60. The maximum atomic E-state index is 12.3. The number of H-pyrrole nitrogens is 1. The van der Waals surface area contributed by atoms with Crippen molar-refractivity contribution in [2.24, 2.45) is 0 Å². The minimum atomic E-state index is -5.80. The summed E-state index contributed by atoms with van der Waals surface area (Å²) in [7, 11) is -17.0. The number of phosphoric acid groups is 3. The number of aliphatic hydroxyl groups is 1. The summed E-state index contributed by atoms with van der Waals surface area (Å²) < 4.78 is 57.3. The number of nitrogens with one attached hydrogen (secondary N) is 1. The molecule has 0 radical (unpaired) electrons. The van der Waals surface area contributed by atoms with Crippen LogP contribution in [0.3, 0.4) is 0 Å². The lowest BCUT2D eigenvalue weighted by Crippen LogP contribution is -2.54. The third kappa shape index (κ3) is 4.97. The molecular formula is C12H16N3O15P3. The van der Waals surface area contributed by atoms with Gasteiger partial charge in [-0.05, 0) is 6.92 Å². The highest BCUT2D eigenvalue weighted by molar-refractivity contribution is 7.66. The third-order valence-corrected chi connectivity index (χ3v) is 8.39. The number of ether oxygens (including phenoxy) is 2. The molecule has 0 aromatic carbocycles. The minimum Gasteiger partial charge on any atom is -0.387 e. The molecule has 2 aliphatic rings. The molecule has 2 saturated heterocycles. The summed E-state index contributed by atoms with van der Waals surface area (Å²) in [5.74, 6) is 0. The Kier molecular flexibility index (Phi) is 6.55. The van der Waals surface area contributed by atoms with Gasteiger partial charge in [0.2, 0.25) is 0 Å². The van der Waals surface area contributed by atoms with Gasteiger partial charge < -0.3 is 34.2 Å². The highest BCUT2D eigenvalue weighted by atomic mass is 31.3. The van der Waals surface area contributed by atoms with Gasteiger partial charge in [0.25, 0.3) is 11.3 Å². The molecule has 6 N–H and O–H groups in total. The van der Waals surface area contributed by atoms with Crippen molar-refractivity contribution in [2.75, 3.05) is 13.2 Å². The highest BCUT2D eigenvalue weighted by Gasteiger charge is 2.70. The Balaban J connectivity index is 1.87. The van der Waals surface area contributed by atoms with Gasteiger partial charge in [0, 0.05) is 11.8 Å². The summed E-state index contributed by atoms with van der Waals surface area (Å²) in [6, 6.07) is 1.65. The second-order valence-corrected chi connectivity index (χ2v) is 11.4. The van der Waals surface area contributed by atoms with E-state index in [0.717, 1.165) is 6.20 Å². The minimum absolute atomic E-state index is 0.00704. The SMILES string of the molecule is Cc1cn([C@]2(C#N)O[C@@]3(COP(=O)(O)OP(=O)(O)OP(=O)(O)O)CO[C@@H]2[C@@H]3O)c(=O)[nH]c1=O. The van der Waals surface area contributed by atoms with E-state index in [1.165, 1.54) is 6.92 Å². The molecule has 1 aromatic rings. The van der Waals surface area contributed by atoms with Crippen LogP contribution in [-0.2, 0) is 42.0 Å². The van der Waals surface area contributed by atoms with Gasteiger partial charge in [0.05, 0.1) is 13.2 Å². The molecule has 18 nitrogen and oxygen atoms in total. The van der Waals surface area contributed by atoms with Crippen molar-refractivity contribution < 1.29 is 61.0 Å². The largest absolute Gasteiger partial charge is 0.490 e. The predicted octanol–water partition coefficient (Wildman–Crippen LogP) is -2.11. The van der Waals surface area contributed by atoms with E-state index in [4.69, 9.17) is 19.3 Å². The lowest BCUT2D eigenvalue weighted by Gasteiger charge is -2.36. The van der Waals surface area contributed by atoms with Crippen molar-refractivity contribution in [3.05, 3.63) is 32.6 Å². The molecule has 2 fully saturated rings. The van der Waals surface area contributed by atoms with Crippen LogP contribution in [0.5, 0.6) is 0 Å². The molecule has 184 valence electrons. The average molecular weight is 535 g/mol. The normalized spacial score (nSPS) is 32.8. The van der Waals surface area contributed by atoms with Gasteiger partial charge in [-0.25, -0.2) is 18.5 Å². The molecule has 0 aliphatic carbocycles. The van der Waals surface area contributed by atoms with Crippen LogP contribution in [0.2, 0.25) is 0 Å². The topological polar surface area (TPSA) is 277 Å². The average Bonchev–Trinajstić information content (AvgIpc) is 3.08. The Hall–Kier alpha value is -1.54. The Morgan fingerprint density at radius 2 is 1.88 bits per heavy atom. The van der Waals surface area contributed by atoms with Gasteiger partial charge in [-0.2, -0.15) is 13.9 Å². The Bertz CT molecular complexity index is 1260. The maximum absolute atomic E-state index is 12.3. The van der Waals surface area contributed by atoms with E-state index in [9.17, 15) is 43.4 Å². The molecule has 1 aromatic heterocycles. The van der Waals surface area contributed by atoms with Crippen LogP contribution in [0, 0.1) is 18.3 Å². The highest BCUT2D eigenvalue weighted by Crippen LogP contribution is 2.66. The molecule has 6 atom stereocenters. The molecule has 0 amide bonds. The Morgan fingerprint density at radius 1 is 1.24 bits per heavy atom. The van der Waals surface area contributed by atoms with Crippen LogP contribution < -0.4 is 11.2 Å². The number of hydrogen-bond acceptors (Lipinski definition) is 12. The van der Waals surface area contributed by atoms with E-state index >= 15 is 0 Å². The summed E-state index contributed by atoms with van der Waals surface area (Å²) in [5, 5.41) is 20.3. The second-order valence-electron chi connectivity index (χ2n) is 6.96. The van der Waals surface area contributed by atoms with Crippen LogP contribution in [0.25, 0.3) is 0 Å². The zero-order valence-electron chi connectivity index (χ0n) is 16.2. The monoisotopic (exact) mass is 535 g/mol. The molecule has 33 heavy (non-hydrogen) atoms. The predicted molar refractivity (Wildman–Crippen MR) is 99.0 cm³/mol. The van der Waals surface area contributed by atoms with Crippen LogP contribution in [0.15, 0.2) is 15.8 Å². The summed E-state index contributed by atoms with van der Waals surface area (Å²) in [6.07, 6.45) is -2.34. The van der Waals surface area contributed by atoms with E-state index in [-0.39, 0.29) is 5.56 Å². The first-order valence-electron chi connectivity index (χ1n) is 8.48. The summed E-state index contributed by atoms with van der Waals surface area (Å²) >= 11 is 0. The van der Waals surface area contributed by atoms with E-state index in [0.29, 0.717) is 4.57 Å². The van der Waals surface area contributed by atoms with Gasteiger partial charge in [0.1, 0.15) is 23.9 Å². The van der Waals surface area contributed by atoms with Crippen LogP contribution in [-0.4, -0.2) is 65.3 Å². The number of rotatable bonds is 8. The lowest BCUT2D eigenvalue weighted by atomic mass is 9.98. The molecule has 0 saturated carbocycles. The van der Waals surface area contributed by atoms with Crippen molar-refractivity contribution in [3.63, 3.8) is 0 Å². The van der Waals surface area contributed by atoms with Gasteiger partial charge in [-0.3, -0.25) is 18.9 Å². The smallest absolute Gasteiger partial charge is 0.387 e. The number of fused-ring (bicyclic) bond motifs is 2. The van der Waals surface area contributed by atoms with E-state index in [1.54, 1.807) is 6.07 Å². The number of nitrogens with zero attached hydrogens (tertiary/aromatic N) is 2. The number of phosphoric ester groups is 1. The molecule has 0 spiro atoms. The number of aryl methyl sites for hydroxylation is 1. The first-order valence-corrected chi connectivity index (χ1v) is 13.0. The maximum Gasteiger partial charge on any atom is 0.490 e. The van der Waals surface area contributed by atoms with Gasteiger partial charge in [-0.1, -0.05) is 0 Å². The fourth-order valence-corrected chi connectivity index (χ4v) is 6.34. The van der Waals surface area contributed by atoms with Gasteiger partial charge in [0.15, 0.2) is 0 Å². The van der Waals surface area contributed by atoms with Gasteiger partial charge in [-0.15, -0.1) is 0 Å². The van der Waals surface area contributed by atoms with Crippen molar-refractivity contribution in [1.82, 2.24) is 9.55 Å². The standard InChI is InChI=1S/C12H16N3O15P3/c1-6-2-15(10(18)14-9(6)17)12(3-13)8-7(16)11(28-12,4-26-8)5-27-32(22,23)30-33(24,25)29-31(19,20)21/h2,7-8,16H,4-5H2,1H3,(H,22,23)(H,24,25)(H,14,17,18)(H2,19,20,21)/t7-,8+,11+,12+/m0/s1. The fourth-order valence-electron chi connectivity index (χ4n) is 3.26. The van der Waals surface area contributed by atoms with Crippen molar-refractivity contribution in [1.29, 1.82) is 5.26 Å². The lowest BCUT2D eigenvalue weighted by molar-refractivity contribution is -0.223. The first kappa shape index (κ1) is 26.1. The Morgan fingerprint density at radius 3 is 2.45 bits per heavy atom. The number of aliphatic hydroxyl groups excluding tert-OH is 1. The van der Waals surface area contributed by atoms with Crippen molar-refractivity contribution in [2.45, 2.75) is 30.5 Å². The number of hydrogen-bond donors (Lipinski definition) is 6. The number of nitriles is 1.